The summed E-state index contributed by atoms with van der Waals surface area (Å²) in [5, 5.41) is 0. The Bertz CT molecular complexity index is 441. The van der Waals surface area contributed by atoms with Crippen molar-refractivity contribution in [2.45, 2.75) is 26.2 Å². The lowest BCUT2D eigenvalue weighted by Gasteiger charge is -2.28. The first-order valence-electron chi connectivity index (χ1n) is 7.51. The molecule has 1 amide bonds. The lowest BCUT2D eigenvalue weighted by Crippen LogP contribution is -2.40. The minimum atomic E-state index is 0.239. The van der Waals surface area contributed by atoms with E-state index in [4.69, 9.17) is 5.73 Å². The Hall–Kier alpha value is -1.55. The topological polar surface area (TPSA) is 49.6 Å². The second-order valence-corrected chi connectivity index (χ2v) is 5.44. The van der Waals surface area contributed by atoms with Crippen LogP contribution in [0.1, 0.15) is 24.8 Å². The van der Waals surface area contributed by atoms with Gasteiger partial charge in [0.25, 0.3) is 0 Å². The summed E-state index contributed by atoms with van der Waals surface area (Å²) in [7, 11) is 0. The number of amides is 1. The maximum absolute atomic E-state index is 12.4. The molecule has 1 saturated heterocycles. The number of benzene rings is 1. The van der Waals surface area contributed by atoms with Crippen LogP contribution in [0, 0.1) is 6.92 Å². The second-order valence-electron chi connectivity index (χ2n) is 5.44. The number of hydrogen-bond donors (Lipinski definition) is 1. The molecule has 1 fully saturated rings. The molecule has 20 heavy (non-hydrogen) atoms. The Morgan fingerprint density at radius 3 is 2.65 bits per heavy atom. The molecule has 1 aromatic rings. The Balaban J connectivity index is 2.07. The molecule has 110 valence electrons. The first-order chi connectivity index (χ1) is 9.72. The van der Waals surface area contributed by atoms with E-state index in [2.05, 4.69) is 24.0 Å². The molecular weight excluding hydrogens is 250 g/mol. The largest absolute Gasteiger partial charge is 0.362 e. The molecule has 1 heterocycles. The molecule has 4 nitrogen and oxygen atoms in total. The van der Waals surface area contributed by atoms with Gasteiger partial charge in [0.2, 0.25) is 5.91 Å². The molecule has 0 atom stereocenters. The van der Waals surface area contributed by atoms with Gasteiger partial charge in [-0.15, -0.1) is 0 Å². The summed E-state index contributed by atoms with van der Waals surface area (Å²) in [4.78, 5) is 16.5. The highest BCUT2D eigenvalue weighted by Gasteiger charge is 2.21. The zero-order valence-corrected chi connectivity index (χ0v) is 12.3. The zero-order valence-electron chi connectivity index (χ0n) is 12.3. The zero-order chi connectivity index (χ0) is 14.4. The molecule has 2 rings (SSSR count). The highest BCUT2D eigenvalue weighted by molar-refractivity contribution is 5.82. The Kier molecular flexibility index (Phi) is 5.41. The van der Waals surface area contributed by atoms with Gasteiger partial charge in [-0.05, 0) is 44.4 Å². The van der Waals surface area contributed by atoms with Gasteiger partial charge in [0.15, 0.2) is 0 Å². The molecule has 4 heteroatoms. The van der Waals surface area contributed by atoms with Crippen molar-refractivity contribution in [3.8, 4) is 0 Å². The van der Waals surface area contributed by atoms with Crippen LogP contribution in [0.25, 0.3) is 0 Å². The fourth-order valence-electron chi connectivity index (χ4n) is 2.71. The number of rotatable bonds is 6. The van der Waals surface area contributed by atoms with Crippen LogP contribution in [-0.2, 0) is 4.79 Å². The molecule has 0 radical (unpaired) electrons. The fraction of sp³-hybridized carbons (Fsp3) is 0.562. The minimum absolute atomic E-state index is 0.239. The Morgan fingerprint density at radius 2 is 2.00 bits per heavy atom. The van der Waals surface area contributed by atoms with Crippen molar-refractivity contribution >= 4 is 11.6 Å². The second kappa shape index (κ2) is 7.29. The number of hydrogen-bond acceptors (Lipinski definition) is 3. The maximum Gasteiger partial charge on any atom is 0.242 e. The molecule has 2 N–H and O–H groups in total. The van der Waals surface area contributed by atoms with Crippen LogP contribution in [-0.4, -0.2) is 43.5 Å². The molecule has 0 aliphatic carbocycles. The predicted molar refractivity (Wildman–Crippen MR) is 82.9 cm³/mol. The van der Waals surface area contributed by atoms with Crippen molar-refractivity contribution in [1.82, 2.24) is 4.90 Å². The van der Waals surface area contributed by atoms with E-state index in [1.807, 2.05) is 17.0 Å². The van der Waals surface area contributed by atoms with Gasteiger partial charge in [0.05, 0.1) is 6.54 Å². The third-order valence-electron chi connectivity index (χ3n) is 3.87. The molecule has 1 aromatic carbocycles. The monoisotopic (exact) mass is 275 g/mol. The normalized spacial score (nSPS) is 14.6. The fourth-order valence-corrected chi connectivity index (χ4v) is 2.71. The van der Waals surface area contributed by atoms with Crippen molar-refractivity contribution in [2.75, 3.05) is 37.6 Å². The average Bonchev–Trinajstić information content (AvgIpc) is 2.98. The summed E-state index contributed by atoms with van der Waals surface area (Å²) in [5.74, 6) is 0.239. The van der Waals surface area contributed by atoms with Crippen molar-refractivity contribution in [3.63, 3.8) is 0 Å². The van der Waals surface area contributed by atoms with E-state index >= 15 is 0 Å². The van der Waals surface area contributed by atoms with Crippen LogP contribution in [0.3, 0.4) is 0 Å². The van der Waals surface area contributed by atoms with Crippen molar-refractivity contribution in [1.29, 1.82) is 0 Å². The molecule has 0 bridgehead atoms. The van der Waals surface area contributed by atoms with Gasteiger partial charge in [0.1, 0.15) is 0 Å². The molecule has 0 unspecified atom stereocenters. The first kappa shape index (κ1) is 14.9. The van der Waals surface area contributed by atoms with E-state index in [-0.39, 0.29) is 5.91 Å². The van der Waals surface area contributed by atoms with E-state index in [1.54, 1.807) is 0 Å². The Labute approximate surface area is 121 Å². The predicted octanol–water partition coefficient (Wildman–Crippen LogP) is 1.77. The lowest BCUT2D eigenvalue weighted by atomic mass is 10.1. The van der Waals surface area contributed by atoms with Crippen LogP contribution < -0.4 is 10.6 Å². The van der Waals surface area contributed by atoms with Gasteiger partial charge in [-0.2, -0.15) is 0 Å². The van der Waals surface area contributed by atoms with Crippen LogP contribution in [0.2, 0.25) is 0 Å². The summed E-state index contributed by atoms with van der Waals surface area (Å²) < 4.78 is 0. The van der Waals surface area contributed by atoms with Crippen molar-refractivity contribution in [2.24, 2.45) is 5.73 Å². The van der Waals surface area contributed by atoms with Crippen molar-refractivity contribution < 1.29 is 4.79 Å². The highest BCUT2D eigenvalue weighted by atomic mass is 16.2. The maximum atomic E-state index is 12.4. The van der Waals surface area contributed by atoms with Crippen molar-refractivity contribution in [3.05, 3.63) is 29.8 Å². The lowest BCUT2D eigenvalue weighted by molar-refractivity contribution is -0.128. The highest BCUT2D eigenvalue weighted by Crippen LogP contribution is 2.20. The molecule has 0 spiro atoms. The molecule has 0 saturated carbocycles. The van der Waals surface area contributed by atoms with E-state index < -0.39 is 0 Å². The van der Waals surface area contributed by atoms with Crippen LogP contribution >= 0.6 is 0 Å². The summed E-state index contributed by atoms with van der Waals surface area (Å²) in [6, 6.07) is 8.23. The first-order valence-corrected chi connectivity index (χ1v) is 7.51. The number of nitrogens with two attached hydrogens (primary N) is 1. The molecule has 0 aromatic heterocycles. The third-order valence-corrected chi connectivity index (χ3v) is 3.87. The summed E-state index contributed by atoms with van der Waals surface area (Å²) in [5.41, 5.74) is 7.98. The number of anilines is 1. The van der Waals surface area contributed by atoms with E-state index in [0.29, 0.717) is 13.1 Å². The summed E-state index contributed by atoms with van der Waals surface area (Å²) in [6.45, 7) is 5.87. The summed E-state index contributed by atoms with van der Waals surface area (Å²) in [6.07, 6.45) is 3.18. The molecular formula is C16H25N3O. The van der Waals surface area contributed by atoms with Gasteiger partial charge in [0, 0.05) is 25.3 Å². The van der Waals surface area contributed by atoms with Crippen LogP contribution in [0.15, 0.2) is 24.3 Å². The smallest absolute Gasteiger partial charge is 0.242 e. The molecule has 1 aliphatic heterocycles. The quantitative estimate of drug-likeness (QED) is 0.861. The molecule has 1 aliphatic rings. The van der Waals surface area contributed by atoms with E-state index in [0.717, 1.165) is 44.6 Å². The number of nitrogens with zero attached hydrogens (tertiary/aromatic N) is 2. The SMILES string of the molecule is Cc1ccccc1N(CCCN)CC(=O)N1CCCC1. The van der Waals surface area contributed by atoms with Gasteiger partial charge in [-0.1, -0.05) is 18.2 Å². The van der Waals surface area contributed by atoms with Gasteiger partial charge >= 0.3 is 0 Å². The number of carbonyl (C=O) groups is 1. The van der Waals surface area contributed by atoms with E-state index in [9.17, 15) is 4.79 Å². The van der Waals surface area contributed by atoms with Crippen LogP contribution in [0.5, 0.6) is 0 Å². The van der Waals surface area contributed by atoms with Gasteiger partial charge in [-0.25, -0.2) is 0 Å². The number of aryl methyl sites for hydroxylation is 1. The van der Waals surface area contributed by atoms with Gasteiger partial charge in [-0.3, -0.25) is 4.79 Å². The summed E-state index contributed by atoms with van der Waals surface area (Å²) >= 11 is 0. The number of para-hydroxylation sites is 1. The average molecular weight is 275 g/mol. The standard InChI is InChI=1S/C16H25N3O/c1-14-7-2-3-8-15(14)19(12-6-9-17)13-16(20)18-10-4-5-11-18/h2-3,7-8H,4-6,9-13,17H2,1H3. The minimum Gasteiger partial charge on any atom is -0.362 e. The van der Waals surface area contributed by atoms with Gasteiger partial charge < -0.3 is 15.5 Å². The van der Waals surface area contributed by atoms with Crippen LogP contribution in [0.4, 0.5) is 5.69 Å². The number of carbonyl (C=O) groups excluding carboxylic acids is 1. The van der Waals surface area contributed by atoms with E-state index in [1.165, 1.54) is 5.56 Å². The number of likely N-dealkylation sites (tertiary alicyclic amines) is 1. The third kappa shape index (κ3) is 3.73. The Morgan fingerprint density at radius 1 is 1.30 bits per heavy atom.